The van der Waals surface area contributed by atoms with Gasteiger partial charge >= 0.3 is 0 Å². The van der Waals surface area contributed by atoms with E-state index in [0.717, 1.165) is 17.3 Å². The largest absolute Gasteiger partial charge is 0.472 e. The Labute approximate surface area is 87.7 Å². The number of nitrogens with one attached hydrogen (secondary N) is 1. The average molecular weight is 210 g/mol. The molecule has 73 valence electrons. The topological polar surface area (TPSA) is 33.6 Å². The Morgan fingerprint density at radius 1 is 1.64 bits per heavy atom. The van der Waals surface area contributed by atoms with Crippen LogP contribution in [0.4, 0.5) is 5.69 Å². The molecule has 0 fully saturated rings. The molecule has 0 aliphatic carbocycles. The lowest BCUT2D eigenvalue weighted by Gasteiger charge is -2.08. The summed E-state index contributed by atoms with van der Waals surface area (Å²) in [6.45, 7) is 1.35. The first-order valence-electron chi connectivity index (χ1n) is 4.41. The second-order valence-electron chi connectivity index (χ2n) is 3.08. The highest BCUT2D eigenvalue weighted by atomic mass is 35.5. The van der Waals surface area contributed by atoms with E-state index in [2.05, 4.69) is 16.7 Å². The molecule has 14 heavy (non-hydrogen) atoms. The van der Waals surface area contributed by atoms with E-state index < -0.39 is 0 Å². The maximum absolute atomic E-state index is 5.84. The zero-order valence-electron chi connectivity index (χ0n) is 7.53. The monoisotopic (exact) mass is 209 g/mol. The summed E-state index contributed by atoms with van der Waals surface area (Å²) in [5.41, 5.74) is 1.000. The van der Waals surface area contributed by atoms with Crippen LogP contribution in [-0.2, 0) is 4.74 Å². The molecular formula is C10H10ClN2O. The van der Waals surface area contributed by atoms with Crippen LogP contribution in [0.15, 0.2) is 29.3 Å². The Hall–Kier alpha value is -1.22. The van der Waals surface area contributed by atoms with E-state index in [0.29, 0.717) is 6.61 Å². The highest BCUT2D eigenvalue weighted by molar-refractivity contribution is 6.30. The van der Waals surface area contributed by atoms with E-state index in [1.54, 1.807) is 0 Å². The maximum atomic E-state index is 5.84. The first kappa shape index (κ1) is 9.34. The highest BCUT2D eigenvalue weighted by Gasteiger charge is 2.11. The minimum Gasteiger partial charge on any atom is -0.472 e. The highest BCUT2D eigenvalue weighted by Crippen LogP contribution is 2.15. The van der Waals surface area contributed by atoms with Crippen molar-refractivity contribution in [2.75, 3.05) is 18.5 Å². The molecule has 0 aromatic heterocycles. The predicted molar refractivity (Wildman–Crippen MR) is 57.1 cm³/mol. The lowest BCUT2D eigenvalue weighted by atomic mass is 10.3. The zero-order chi connectivity index (χ0) is 9.80. The van der Waals surface area contributed by atoms with Gasteiger partial charge in [-0.15, -0.1) is 0 Å². The molecule has 1 radical (unpaired) electrons. The second-order valence-corrected chi connectivity index (χ2v) is 3.51. The van der Waals surface area contributed by atoms with Gasteiger partial charge in [0.05, 0.1) is 0 Å². The minimum absolute atomic E-state index is 0.161. The summed E-state index contributed by atoms with van der Waals surface area (Å²) in [5, 5.41) is 3.96. The molecule has 0 saturated heterocycles. The number of benzene rings is 1. The first-order valence-corrected chi connectivity index (χ1v) is 4.78. The van der Waals surface area contributed by atoms with Crippen molar-refractivity contribution in [2.45, 2.75) is 6.04 Å². The lowest BCUT2D eigenvalue weighted by molar-refractivity contribution is 0.332. The smallest absolute Gasteiger partial charge is 0.273 e. The SMILES string of the molecule is Clc1cccc(NCC2CO[C]=N2)c1. The predicted octanol–water partition coefficient (Wildman–Crippen LogP) is 2.06. The van der Waals surface area contributed by atoms with Crippen molar-refractivity contribution < 1.29 is 4.74 Å². The molecule has 1 unspecified atom stereocenters. The van der Waals surface area contributed by atoms with Gasteiger partial charge in [0.15, 0.2) is 0 Å². The molecule has 0 bridgehead atoms. The quantitative estimate of drug-likeness (QED) is 0.827. The van der Waals surface area contributed by atoms with Crippen LogP contribution in [-0.4, -0.2) is 25.6 Å². The lowest BCUT2D eigenvalue weighted by Crippen LogP contribution is -2.18. The number of hydrogen-bond acceptors (Lipinski definition) is 3. The van der Waals surface area contributed by atoms with E-state index in [4.69, 9.17) is 16.3 Å². The molecule has 1 heterocycles. The Kier molecular flexibility index (Phi) is 2.89. The van der Waals surface area contributed by atoms with Crippen LogP contribution >= 0.6 is 11.6 Å². The van der Waals surface area contributed by atoms with Gasteiger partial charge in [-0.2, -0.15) is 0 Å². The molecule has 1 aliphatic heterocycles. The van der Waals surface area contributed by atoms with Crippen molar-refractivity contribution in [1.29, 1.82) is 0 Å². The zero-order valence-corrected chi connectivity index (χ0v) is 8.29. The normalized spacial score (nSPS) is 19.4. The summed E-state index contributed by atoms with van der Waals surface area (Å²) < 4.78 is 4.89. The van der Waals surface area contributed by atoms with Gasteiger partial charge in [0.2, 0.25) is 0 Å². The van der Waals surface area contributed by atoms with E-state index in [-0.39, 0.29) is 6.04 Å². The summed E-state index contributed by atoms with van der Waals surface area (Å²) in [4.78, 5) is 4.01. The fraction of sp³-hybridized carbons (Fsp3) is 0.300. The molecule has 4 heteroatoms. The Bertz CT molecular complexity index is 341. The molecule has 1 N–H and O–H groups in total. The van der Waals surface area contributed by atoms with Gasteiger partial charge in [0.25, 0.3) is 6.40 Å². The molecular weight excluding hydrogens is 200 g/mol. The Morgan fingerprint density at radius 2 is 2.57 bits per heavy atom. The maximum Gasteiger partial charge on any atom is 0.273 e. The standard InChI is InChI=1S/C10H10ClN2O/c11-8-2-1-3-9(4-8)12-5-10-6-14-7-13-10/h1-4,10,12H,5-6H2. The van der Waals surface area contributed by atoms with Gasteiger partial charge in [-0.3, -0.25) is 0 Å². The molecule has 1 aromatic rings. The van der Waals surface area contributed by atoms with Crippen LogP contribution in [0.5, 0.6) is 0 Å². The minimum atomic E-state index is 0.161. The molecule has 2 rings (SSSR count). The second kappa shape index (κ2) is 4.33. The third kappa shape index (κ3) is 2.39. The summed E-state index contributed by atoms with van der Waals surface area (Å²) in [5.74, 6) is 0. The average Bonchev–Trinajstić information content (AvgIpc) is 2.67. The third-order valence-corrected chi connectivity index (χ3v) is 2.18. The first-order chi connectivity index (χ1) is 6.84. The van der Waals surface area contributed by atoms with E-state index in [1.807, 2.05) is 24.3 Å². The Morgan fingerprint density at radius 3 is 3.29 bits per heavy atom. The van der Waals surface area contributed by atoms with Crippen molar-refractivity contribution in [3.8, 4) is 0 Å². The molecule has 1 aromatic carbocycles. The number of nitrogens with zero attached hydrogens (tertiary/aromatic N) is 1. The fourth-order valence-corrected chi connectivity index (χ4v) is 1.41. The van der Waals surface area contributed by atoms with Crippen LogP contribution < -0.4 is 5.32 Å². The number of hydrogen-bond donors (Lipinski definition) is 1. The molecule has 1 aliphatic rings. The summed E-state index contributed by atoms with van der Waals surface area (Å²) in [6.07, 6.45) is 2.48. The third-order valence-electron chi connectivity index (χ3n) is 1.94. The van der Waals surface area contributed by atoms with Crippen molar-refractivity contribution in [2.24, 2.45) is 4.99 Å². The summed E-state index contributed by atoms with van der Waals surface area (Å²) in [7, 11) is 0. The van der Waals surface area contributed by atoms with Crippen molar-refractivity contribution in [1.82, 2.24) is 0 Å². The van der Waals surface area contributed by atoms with Crippen LogP contribution in [0.25, 0.3) is 0 Å². The van der Waals surface area contributed by atoms with Gasteiger partial charge in [0.1, 0.15) is 12.6 Å². The Balaban J connectivity index is 1.88. The van der Waals surface area contributed by atoms with Crippen molar-refractivity contribution in [3.63, 3.8) is 0 Å². The molecule has 1 atom stereocenters. The summed E-state index contributed by atoms with van der Waals surface area (Å²) >= 11 is 5.84. The van der Waals surface area contributed by atoms with Gasteiger partial charge in [-0.1, -0.05) is 17.7 Å². The van der Waals surface area contributed by atoms with Crippen LogP contribution in [0, 0.1) is 0 Å². The number of ether oxygens (including phenoxy) is 1. The van der Waals surface area contributed by atoms with E-state index >= 15 is 0 Å². The van der Waals surface area contributed by atoms with Crippen LogP contribution in [0.1, 0.15) is 0 Å². The van der Waals surface area contributed by atoms with Gasteiger partial charge in [-0.25, -0.2) is 4.99 Å². The number of aliphatic imine (C=N–C) groups is 1. The molecule has 0 amide bonds. The molecule has 0 spiro atoms. The molecule has 3 nitrogen and oxygen atoms in total. The van der Waals surface area contributed by atoms with Gasteiger partial charge in [0, 0.05) is 17.3 Å². The fourth-order valence-electron chi connectivity index (χ4n) is 1.22. The van der Waals surface area contributed by atoms with Gasteiger partial charge in [-0.05, 0) is 18.2 Å². The number of rotatable bonds is 3. The van der Waals surface area contributed by atoms with E-state index in [9.17, 15) is 0 Å². The summed E-state index contributed by atoms with van der Waals surface area (Å²) in [6, 6.07) is 7.76. The van der Waals surface area contributed by atoms with Crippen LogP contribution in [0.2, 0.25) is 5.02 Å². The van der Waals surface area contributed by atoms with Crippen molar-refractivity contribution >= 4 is 23.7 Å². The molecule has 0 saturated carbocycles. The number of anilines is 1. The number of halogens is 1. The van der Waals surface area contributed by atoms with Crippen LogP contribution in [0.3, 0.4) is 0 Å². The van der Waals surface area contributed by atoms with E-state index in [1.165, 1.54) is 0 Å². The van der Waals surface area contributed by atoms with Crippen molar-refractivity contribution in [3.05, 3.63) is 29.3 Å². The van der Waals surface area contributed by atoms with Gasteiger partial charge < -0.3 is 10.1 Å².